The lowest BCUT2D eigenvalue weighted by Gasteiger charge is -2.22. The summed E-state index contributed by atoms with van der Waals surface area (Å²) < 4.78 is 0. The minimum Gasteiger partial charge on any atom is -0.356 e. The second-order valence-electron chi connectivity index (χ2n) is 4.85. The fourth-order valence-electron chi connectivity index (χ4n) is 1.97. The van der Waals surface area contributed by atoms with Crippen LogP contribution in [0.25, 0.3) is 0 Å². The smallest absolute Gasteiger partial charge is 0.311 e. The summed E-state index contributed by atoms with van der Waals surface area (Å²) in [6.07, 6.45) is 0. The van der Waals surface area contributed by atoms with Crippen LogP contribution >= 0.6 is 11.3 Å². The number of hydrazine groups is 1. The number of nitrogen functional groups attached to an aromatic ring is 1. The van der Waals surface area contributed by atoms with Crippen LogP contribution in [0.1, 0.15) is 24.8 Å². The summed E-state index contributed by atoms with van der Waals surface area (Å²) in [5.41, 5.74) is 2.33. The van der Waals surface area contributed by atoms with Gasteiger partial charge in [-0.05, 0) is 23.4 Å². The van der Waals surface area contributed by atoms with E-state index in [4.69, 9.17) is 5.84 Å². The van der Waals surface area contributed by atoms with Crippen LogP contribution in [0.4, 0.5) is 17.3 Å². The molecule has 112 valence electrons. The summed E-state index contributed by atoms with van der Waals surface area (Å²) in [5.74, 6) is 6.15. The van der Waals surface area contributed by atoms with E-state index in [1.165, 1.54) is 12.1 Å². The van der Waals surface area contributed by atoms with Gasteiger partial charge < -0.3 is 10.7 Å². The zero-order valence-electron chi connectivity index (χ0n) is 11.7. The molecule has 0 aliphatic carbocycles. The van der Waals surface area contributed by atoms with Crippen molar-refractivity contribution in [3.05, 3.63) is 44.6 Å². The molecule has 0 saturated heterocycles. The topological polar surface area (TPSA) is 106 Å². The molecular weight excluding hydrogens is 290 g/mol. The van der Waals surface area contributed by atoms with Gasteiger partial charge in [0.15, 0.2) is 0 Å². The van der Waals surface area contributed by atoms with Crippen molar-refractivity contribution < 1.29 is 4.92 Å². The van der Waals surface area contributed by atoms with E-state index in [-0.39, 0.29) is 23.5 Å². The molecule has 0 spiro atoms. The standard InChI is InChI=1S/C13H17N5O2S/c1-8(2)12(10-4-3-7-21-10)16-13-9(18(19)20)5-6-11(15-13)17-14/h3-8,12H,14H2,1-2H3,(H2,15,16,17). The first kappa shape index (κ1) is 15.2. The van der Waals surface area contributed by atoms with Crippen molar-refractivity contribution in [2.24, 2.45) is 11.8 Å². The molecule has 8 heteroatoms. The van der Waals surface area contributed by atoms with Crippen LogP contribution < -0.4 is 16.6 Å². The number of hydrogen-bond acceptors (Lipinski definition) is 7. The zero-order valence-corrected chi connectivity index (χ0v) is 12.6. The molecule has 0 aromatic carbocycles. The summed E-state index contributed by atoms with van der Waals surface area (Å²) in [7, 11) is 0. The van der Waals surface area contributed by atoms with E-state index in [1.54, 1.807) is 11.3 Å². The molecule has 2 heterocycles. The normalized spacial score (nSPS) is 12.2. The third-order valence-corrected chi connectivity index (χ3v) is 3.98. The second-order valence-corrected chi connectivity index (χ2v) is 5.83. The van der Waals surface area contributed by atoms with Crippen molar-refractivity contribution in [3.63, 3.8) is 0 Å². The number of nitrogens with one attached hydrogen (secondary N) is 2. The van der Waals surface area contributed by atoms with Gasteiger partial charge in [-0.3, -0.25) is 10.1 Å². The SMILES string of the molecule is CC(C)C(Nc1nc(NN)ccc1[N+](=O)[O-])c1cccs1. The van der Waals surface area contributed by atoms with Crippen LogP contribution in [0.5, 0.6) is 0 Å². The van der Waals surface area contributed by atoms with Crippen molar-refractivity contribution in [3.8, 4) is 0 Å². The lowest BCUT2D eigenvalue weighted by molar-refractivity contribution is -0.384. The maximum atomic E-state index is 11.1. The van der Waals surface area contributed by atoms with E-state index in [9.17, 15) is 10.1 Å². The quantitative estimate of drug-likeness (QED) is 0.430. The van der Waals surface area contributed by atoms with Gasteiger partial charge in [-0.15, -0.1) is 11.3 Å². The van der Waals surface area contributed by atoms with Crippen LogP contribution in [0.15, 0.2) is 29.6 Å². The van der Waals surface area contributed by atoms with Crippen molar-refractivity contribution in [1.29, 1.82) is 0 Å². The number of hydrogen-bond donors (Lipinski definition) is 3. The van der Waals surface area contributed by atoms with Gasteiger partial charge >= 0.3 is 5.69 Å². The Balaban J connectivity index is 2.37. The monoisotopic (exact) mass is 307 g/mol. The predicted octanol–water partition coefficient (Wildman–Crippen LogP) is 3.15. The van der Waals surface area contributed by atoms with Crippen molar-refractivity contribution >= 4 is 28.7 Å². The fraction of sp³-hybridized carbons (Fsp3) is 0.308. The number of pyridine rings is 1. The van der Waals surface area contributed by atoms with E-state index < -0.39 is 4.92 Å². The minimum absolute atomic E-state index is 0.0516. The molecule has 4 N–H and O–H groups in total. The first-order valence-electron chi connectivity index (χ1n) is 6.45. The number of nitro groups is 1. The van der Waals surface area contributed by atoms with E-state index in [1.807, 2.05) is 31.4 Å². The van der Waals surface area contributed by atoms with Crippen molar-refractivity contribution in [1.82, 2.24) is 4.98 Å². The molecule has 7 nitrogen and oxygen atoms in total. The Morgan fingerprint density at radius 2 is 2.14 bits per heavy atom. The van der Waals surface area contributed by atoms with Gasteiger partial charge in [0, 0.05) is 10.9 Å². The Bertz CT molecular complexity index is 615. The minimum atomic E-state index is -0.457. The van der Waals surface area contributed by atoms with E-state index in [0.29, 0.717) is 5.82 Å². The number of nitrogens with two attached hydrogens (primary N) is 1. The lowest BCUT2D eigenvalue weighted by atomic mass is 10.0. The summed E-state index contributed by atoms with van der Waals surface area (Å²) in [6.45, 7) is 4.10. The van der Waals surface area contributed by atoms with Crippen LogP contribution in [0.2, 0.25) is 0 Å². The number of aromatic nitrogens is 1. The Morgan fingerprint density at radius 1 is 1.38 bits per heavy atom. The largest absolute Gasteiger partial charge is 0.356 e. The zero-order chi connectivity index (χ0) is 15.4. The molecule has 0 amide bonds. The second kappa shape index (κ2) is 6.51. The third kappa shape index (κ3) is 3.47. The van der Waals surface area contributed by atoms with Crippen molar-refractivity contribution in [2.45, 2.75) is 19.9 Å². The highest BCUT2D eigenvalue weighted by Crippen LogP contribution is 2.33. The summed E-state index contributed by atoms with van der Waals surface area (Å²) >= 11 is 1.60. The number of nitrogens with zero attached hydrogens (tertiary/aromatic N) is 2. The van der Waals surface area contributed by atoms with Gasteiger partial charge in [-0.25, -0.2) is 10.8 Å². The molecule has 0 bridgehead atoms. The molecule has 0 aliphatic rings. The first-order chi connectivity index (χ1) is 10.0. The molecule has 0 radical (unpaired) electrons. The Kier molecular flexibility index (Phi) is 4.71. The Morgan fingerprint density at radius 3 is 2.67 bits per heavy atom. The number of thiophene rings is 1. The third-order valence-electron chi connectivity index (χ3n) is 3.03. The average Bonchev–Trinajstić information content (AvgIpc) is 2.97. The number of rotatable bonds is 6. The van der Waals surface area contributed by atoms with Gasteiger partial charge in [-0.2, -0.15) is 0 Å². The van der Waals surface area contributed by atoms with Gasteiger partial charge in [0.2, 0.25) is 5.82 Å². The van der Waals surface area contributed by atoms with Crippen LogP contribution in [-0.2, 0) is 0 Å². The molecule has 0 aliphatic heterocycles. The van der Waals surface area contributed by atoms with Crippen LogP contribution in [0, 0.1) is 16.0 Å². The molecular formula is C13H17N5O2S. The molecule has 1 unspecified atom stereocenters. The molecule has 0 fully saturated rings. The summed E-state index contributed by atoms with van der Waals surface area (Å²) in [4.78, 5) is 15.9. The Labute approximate surface area is 126 Å². The molecule has 2 aromatic rings. The van der Waals surface area contributed by atoms with Gasteiger partial charge in [0.1, 0.15) is 5.82 Å². The highest BCUT2D eigenvalue weighted by atomic mass is 32.1. The van der Waals surface area contributed by atoms with E-state index >= 15 is 0 Å². The van der Waals surface area contributed by atoms with Crippen LogP contribution in [0.3, 0.4) is 0 Å². The highest BCUT2D eigenvalue weighted by molar-refractivity contribution is 7.10. The summed E-state index contributed by atoms with van der Waals surface area (Å²) in [5, 5.41) is 16.3. The molecule has 21 heavy (non-hydrogen) atoms. The Hall–Kier alpha value is -2.19. The molecule has 2 aromatic heterocycles. The van der Waals surface area contributed by atoms with Gasteiger partial charge in [-0.1, -0.05) is 19.9 Å². The van der Waals surface area contributed by atoms with E-state index in [2.05, 4.69) is 15.7 Å². The number of anilines is 2. The maximum absolute atomic E-state index is 11.1. The van der Waals surface area contributed by atoms with Crippen LogP contribution in [-0.4, -0.2) is 9.91 Å². The predicted molar refractivity (Wildman–Crippen MR) is 84.2 cm³/mol. The molecule has 2 rings (SSSR count). The maximum Gasteiger partial charge on any atom is 0.311 e. The van der Waals surface area contributed by atoms with E-state index in [0.717, 1.165) is 4.88 Å². The van der Waals surface area contributed by atoms with Gasteiger partial charge in [0.25, 0.3) is 0 Å². The van der Waals surface area contributed by atoms with Gasteiger partial charge in [0.05, 0.1) is 11.0 Å². The van der Waals surface area contributed by atoms with Crippen molar-refractivity contribution in [2.75, 3.05) is 10.7 Å². The lowest BCUT2D eigenvalue weighted by Crippen LogP contribution is -2.18. The highest BCUT2D eigenvalue weighted by Gasteiger charge is 2.23. The molecule has 1 atom stereocenters. The first-order valence-corrected chi connectivity index (χ1v) is 7.33. The molecule has 0 saturated carbocycles. The fourth-order valence-corrected chi connectivity index (χ4v) is 2.92. The summed E-state index contributed by atoms with van der Waals surface area (Å²) in [6, 6.07) is 6.76. The average molecular weight is 307 g/mol.